The van der Waals surface area contributed by atoms with Gasteiger partial charge in [0, 0.05) is 24.9 Å². The number of ether oxygens (including phenoxy) is 1. The van der Waals surface area contributed by atoms with Crippen LogP contribution in [0.2, 0.25) is 0 Å². The molecule has 0 unspecified atom stereocenters. The standard InChI is InChI=1S/C20H15F3N2O3/c1-25-12-15(8-9-18(25)26)24-19(27)13-4-2-6-16(10-13)28-17-7-3-5-14(11-17)20(21,22)23/h2-12H,1H3,(H,24,27). The molecule has 2 aromatic carbocycles. The lowest BCUT2D eigenvalue weighted by Gasteiger charge is -2.11. The van der Waals surface area contributed by atoms with Crippen molar-refractivity contribution in [3.63, 3.8) is 0 Å². The molecule has 0 aliphatic carbocycles. The monoisotopic (exact) mass is 388 g/mol. The van der Waals surface area contributed by atoms with Crippen molar-refractivity contribution in [1.82, 2.24) is 4.57 Å². The van der Waals surface area contributed by atoms with Crippen LogP contribution in [0, 0.1) is 0 Å². The zero-order chi connectivity index (χ0) is 20.3. The number of nitrogens with zero attached hydrogens (tertiary/aromatic N) is 1. The quantitative estimate of drug-likeness (QED) is 0.718. The molecule has 144 valence electrons. The molecular formula is C20H15F3N2O3. The van der Waals surface area contributed by atoms with Crippen LogP contribution >= 0.6 is 0 Å². The van der Waals surface area contributed by atoms with E-state index < -0.39 is 17.6 Å². The van der Waals surface area contributed by atoms with Gasteiger partial charge in [0.1, 0.15) is 11.5 Å². The summed E-state index contributed by atoms with van der Waals surface area (Å²) in [6.45, 7) is 0. The number of carbonyl (C=O) groups is 1. The predicted molar refractivity (Wildman–Crippen MR) is 97.6 cm³/mol. The second-order valence-electron chi connectivity index (χ2n) is 5.98. The van der Waals surface area contributed by atoms with Crippen molar-refractivity contribution in [2.24, 2.45) is 7.05 Å². The molecule has 1 aromatic heterocycles. The van der Waals surface area contributed by atoms with Crippen LogP contribution in [0.3, 0.4) is 0 Å². The molecule has 1 amide bonds. The Morgan fingerprint density at radius 1 is 1.00 bits per heavy atom. The number of halogens is 3. The number of rotatable bonds is 4. The number of hydrogen-bond donors (Lipinski definition) is 1. The lowest BCUT2D eigenvalue weighted by molar-refractivity contribution is -0.137. The summed E-state index contributed by atoms with van der Waals surface area (Å²) in [5.41, 5.74) is -0.363. The Morgan fingerprint density at radius 3 is 2.36 bits per heavy atom. The van der Waals surface area contributed by atoms with Gasteiger partial charge in [-0.25, -0.2) is 0 Å². The van der Waals surface area contributed by atoms with Crippen LogP contribution in [0.1, 0.15) is 15.9 Å². The van der Waals surface area contributed by atoms with Crippen LogP contribution in [0.4, 0.5) is 18.9 Å². The molecule has 8 heteroatoms. The highest BCUT2D eigenvalue weighted by molar-refractivity contribution is 6.04. The van der Waals surface area contributed by atoms with E-state index in [1.54, 1.807) is 13.1 Å². The average molecular weight is 388 g/mol. The molecule has 0 aliphatic heterocycles. The van der Waals surface area contributed by atoms with E-state index in [4.69, 9.17) is 4.74 Å². The summed E-state index contributed by atoms with van der Waals surface area (Å²) in [7, 11) is 1.56. The first-order valence-corrected chi connectivity index (χ1v) is 8.15. The Labute approximate surface area is 158 Å². The second kappa shape index (κ2) is 7.59. The highest BCUT2D eigenvalue weighted by atomic mass is 19.4. The average Bonchev–Trinajstić information content (AvgIpc) is 2.64. The smallest absolute Gasteiger partial charge is 0.416 e. The molecule has 3 rings (SSSR count). The van der Waals surface area contributed by atoms with E-state index in [0.717, 1.165) is 12.1 Å². The van der Waals surface area contributed by atoms with E-state index in [-0.39, 0.29) is 22.6 Å². The molecule has 1 N–H and O–H groups in total. The van der Waals surface area contributed by atoms with Gasteiger partial charge in [-0.05, 0) is 42.5 Å². The van der Waals surface area contributed by atoms with Crippen LogP contribution in [0.25, 0.3) is 0 Å². The molecule has 0 spiro atoms. The van der Waals surface area contributed by atoms with Crippen molar-refractivity contribution in [3.05, 3.63) is 88.3 Å². The van der Waals surface area contributed by atoms with Gasteiger partial charge >= 0.3 is 6.18 Å². The minimum absolute atomic E-state index is 0.00504. The molecule has 0 fully saturated rings. The third kappa shape index (κ3) is 4.59. The Morgan fingerprint density at radius 2 is 1.68 bits per heavy atom. The fourth-order valence-electron chi connectivity index (χ4n) is 2.44. The lowest BCUT2D eigenvalue weighted by atomic mass is 10.2. The summed E-state index contributed by atoms with van der Waals surface area (Å²) >= 11 is 0. The van der Waals surface area contributed by atoms with Gasteiger partial charge in [0.15, 0.2) is 0 Å². The number of anilines is 1. The maximum atomic E-state index is 12.8. The first kappa shape index (κ1) is 19.2. The van der Waals surface area contributed by atoms with Crippen molar-refractivity contribution in [2.75, 3.05) is 5.32 Å². The predicted octanol–water partition coefficient (Wildman–Crippen LogP) is 4.45. The highest BCUT2D eigenvalue weighted by Gasteiger charge is 2.30. The molecule has 28 heavy (non-hydrogen) atoms. The zero-order valence-electron chi connectivity index (χ0n) is 14.7. The number of benzene rings is 2. The van der Waals surface area contributed by atoms with Crippen LogP contribution < -0.4 is 15.6 Å². The molecule has 3 aromatic rings. The van der Waals surface area contributed by atoms with E-state index >= 15 is 0 Å². The van der Waals surface area contributed by atoms with Crippen LogP contribution in [-0.4, -0.2) is 10.5 Å². The van der Waals surface area contributed by atoms with Gasteiger partial charge in [0.2, 0.25) is 5.56 Å². The summed E-state index contributed by atoms with van der Waals surface area (Å²) in [6.07, 6.45) is -3.00. The summed E-state index contributed by atoms with van der Waals surface area (Å²) in [6, 6.07) is 13.3. The van der Waals surface area contributed by atoms with E-state index in [2.05, 4.69) is 5.32 Å². The lowest BCUT2D eigenvalue weighted by Crippen LogP contribution is -2.18. The molecule has 0 saturated heterocycles. The van der Waals surface area contributed by atoms with Crippen molar-refractivity contribution in [2.45, 2.75) is 6.18 Å². The number of aromatic nitrogens is 1. The summed E-state index contributed by atoms with van der Waals surface area (Å²) in [4.78, 5) is 23.8. The molecule has 0 saturated carbocycles. The highest BCUT2D eigenvalue weighted by Crippen LogP contribution is 2.32. The normalized spacial score (nSPS) is 11.1. The molecule has 5 nitrogen and oxygen atoms in total. The second-order valence-corrected chi connectivity index (χ2v) is 5.98. The van der Waals surface area contributed by atoms with Crippen molar-refractivity contribution < 1.29 is 22.7 Å². The van der Waals surface area contributed by atoms with Crippen molar-refractivity contribution in [1.29, 1.82) is 0 Å². The van der Waals surface area contributed by atoms with E-state index in [1.165, 1.54) is 53.2 Å². The maximum Gasteiger partial charge on any atom is 0.416 e. The number of hydrogen-bond acceptors (Lipinski definition) is 3. The Hall–Kier alpha value is -3.55. The van der Waals surface area contributed by atoms with Gasteiger partial charge < -0.3 is 14.6 Å². The summed E-state index contributed by atoms with van der Waals surface area (Å²) in [5.74, 6) is -0.231. The van der Waals surface area contributed by atoms with Crippen LogP contribution in [0.5, 0.6) is 11.5 Å². The van der Waals surface area contributed by atoms with Gasteiger partial charge in [-0.2, -0.15) is 13.2 Å². The molecule has 1 heterocycles. The minimum Gasteiger partial charge on any atom is -0.457 e. The Bertz CT molecular complexity index is 1070. The number of pyridine rings is 1. The zero-order valence-corrected chi connectivity index (χ0v) is 14.7. The van der Waals surface area contributed by atoms with Gasteiger partial charge in [0.05, 0.1) is 11.3 Å². The number of alkyl halides is 3. The number of amides is 1. The van der Waals surface area contributed by atoms with Gasteiger partial charge in [-0.1, -0.05) is 12.1 Å². The summed E-state index contributed by atoms with van der Waals surface area (Å²) in [5, 5.41) is 2.64. The topological polar surface area (TPSA) is 60.3 Å². The van der Waals surface area contributed by atoms with Crippen LogP contribution in [0.15, 0.2) is 71.7 Å². The molecule has 0 radical (unpaired) electrons. The fourth-order valence-corrected chi connectivity index (χ4v) is 2.44. The van der Waals surface area contributed by atoms with Gasteiger partial charge in [0.25, 0.3) is 5.91 Å². The van der Waals surface area contributed by atoms with E-state index in [1.807, 2.05) is 0 Å². The van der Waals surface area contributed by atoms with Crippen molar-refractivity contribution >= 4 is 11.6 Å². The molecule has 0 atom stereocenters. The Balaban J connectivity index is 1.77. The first-order chi connectivity index (χ1) is 13.2. The minimum atomic E-state index is -4.48. The summed E-state index contributed by atoms with van der Waals surface area (Å²) < 4.78 is 45.2. The van der Waals surface area contributed by atoms with Crippen molar-refractivity contribution in [3.8, 4) is 11.5 Å². The third-order valence-corrected chi connectivity index (χ3v) is 3.84. The third-order valence-electron chi connectivity index (χ3n) is 3.84. The maximum absolute atomic E-state index is 12.8. The molecule has 0 bridgehead atoms. The number of nitrogens with one attached hydrogen (secondary N) is 1. The van der Waals surface area contributed by atoms with E-state index in [0.29, 0.717) is 5.69 Å². The SMILES string of the molecule is Cn1cc(NC(=O)c2cccc(Oc3cccc(C(F)(F)F)c3)c2)ccc1=O. The largest absolute Gasteiger partial charge is 0.457 e. The van der Waals surface area contributed by atoms with Crippen LogP contribution in [-0.2, 0) is 13.2 Å². The number of carbonyl (C=O) groups excluding carboxylic acids is 1. The fraction of sp³-hybridized carbons (Fsp3) is 0.100. The number of aryl methyl sites for hydroxylation is 1. The van der Waals surface area contributed by atoms with Gasteiger partial charge in [-0.3, -0.25) is 9.59 Å². The Kier molecular flexibility index (Phi) is 5.21. The van der Waals surface area contributed by atoms with E-state index in [9.17, 15) is 22.8 Å². The molecule has 0 aliphatic rings. The van der Waals surface area contributed by atoms with Gasteiger partial charge in [-0.15, -0.1) is 0 Å². The molecular weight excluding hydrogens is 373 g/mol. The first-order valence-electron chi connectivity index (χ1n) is 8.15.